The lowest BCUT2D eigenvalue weighted by Crippen LogP contribution is -2.50. The lowest BCUT2D eigenvalue weighted by atomic mass is 10.2. The number of nitrogens with two attached hydrogens (primary N) is 1. The Balaban J connectivity index is 2.38. The average molecular weight is 349 g/mol. The maximum absolute atomic E-state index is 12.6. The van der Waals surface area contributed by atoms with Gasteiger partial charge in [-0.15, -0.1) is 0 Å². The van der Waals surface area contributed by atoms with Crippen molar-refractivity contribution in [2.75, 3.05) is 18.9 Å². The SMILES string of the molecule is CC1CN(S(=O)(=O)c2ccc(N)c(Br)c2)C(C)CO1. The highest BCUT2D eigenvalue weighted by Gasteiger charge is 2.34. The van der Waals surface area contributed by atoms with Gasteiger partial charge in [0.2, 0.25) is 10.0 Å². The van der Waals surface area contributed by atoms with Gasteiger partial charge in [-0.3, -0.25) is 0 Å². The van der Waals surface area contributed by atoms with Crippen molar-refractivity contribution < 1.29 is 13.2 Å². The molecule has 1 fully saturated rings. The largest absolute Gasteiger partial charge is 0.398 e. The summed E-state index contributed by atoms with van der Waals surface area (Å²) in [5.74, 6) is 0. The molecule has 7 heteroatoms. The van der Waals surface area contributed by atoms with Crippen LogP contribution < -0.4 is 5.73 Å². The van der Waals surface area contributed by atoms with Crippen LogP contribution in [0.1, 0.15) is 13.8 Å². The van der Waals surface area contributed by atoms with Crippen LogP contribution in [0.15, 0.2) is 27.6 Å². The van der Waals surface area contributed by atoms with E-state index in [0.29, 0.717) is 23.3 Å². The Morgan fingerprint density at radius 3 is 2.74 bits per heavy atom. The van der Waals surface area contributed by atoms with Crippen LogP contribution in [-0.2, 0) is 14.8 Å². The topological polar surface area (TPSA) is 72.6 Å². The van der Waals surface area contributed by atoms with Gasteiger partial charge in [0.1, 0.15) is 0 Å². The minimum Gasteiger partial charge on any atom is -0.398 e. The number of hydrogen-bond donors (Lipinski definition) is 1. The van der Waals surface area contributed by atoms with Crippen molar-refractivity contribution in [3.63, 3.8) is 0 Å². The first kappa shape index (κ1) is 14.8. The number of morpholine rings is 1. The second-order valence-electron chi connectivity index (χ2n) is 4.75. The fraction of sp³-hybridized carbons (Fsp3) is 0.500. The highest BCUT2D eigenvalue weighted by atomic mass is 79.9. The lowest BCUT2D eigenvalue weighted by molar-refractivity contribution is -0.0170. The molecular formula is C12H17BrN2O3S. The maximum atomic E-state index is 12.6. The molecule has 2 unspecified atom stereocenters. The van der Waals surface area contributed by atoms with Crippen LogP contribution in [0.25, 0.3) is 0 Å². The number of nitrogen functional groups attached to an aromatic ring is 1. The Kier molecular flexibility index (Phi) is 4.20. The number of nitrogens with zero attached hydrogens (tertiary/aromatic N) is 1. The minimum absolute atomic E-state index is 0.0943. The van der Waals surface area contributed by atoms with E-state index in [1.165, 1.54) is 16.4 Å². The summed E-state index contributed by atoms with van der Waals surface area (Å²) in [6, 6.07) is 4.49. The van der Waals surface area contributed by atoms with Crippen molar-refractivity contribution in [3.05, 3.63) is 22.7 Å². The monoisotopic (exact) mass is 348 g/mol. The molecule has 0 amide bonds. The van der Waals surface area contributed by atoms with Crippen molar-refractivity contribution in [1.29, 1.82) is 0 Å². The van der Waals surface area contributed by atoms with Crippen LogP contribution in [0.4, 0.5) is 5.69 Å². The smallest absolute Gasteiger partial charge is 0.243 e. The van der Waals surface area contributed by atoms with E-state index < -0.39 is 10.0 Å². The zero-order valence-electron chi connectivity index (χ0n) is 10.8. The molecule has 5 nitrogen and oxygen atoms in total. The number of ether oxygens (including phenoxy) is 1. The second-order valence-corrected chi connectivity index (χ2v) is 7.50. The summed E-state index contributed by atoms with van der Waals surface area (Å²) in [6.45, 7) is 4.49. The number of sulfonamides is 1. The van der Waals surface area contributed by atoms with E-state index in [1.54, 1.807) is 6.07 Å². The number of rotatable bonds is 2. The summed E-state index contributed by atoms with van der Waals surface area (Å²) in [5.41, 5.74) is 6.20. The van der Waals surface area contributed by atoms with E-state index in [-0.39, 0.29) is 17.0 Å². The summed E-state index contributed by atoms with van der Waals surface area (Å²) < 4.78 is 32.8. The number of halogens is 1. The summed E-state index contributed by atoms with van der Waals surface area (Å²) >= 11 is 3.26. The second kappa shape index (κ2) is 5.40. The minimum atomic E-state index is -3.52. The molecule has 0 saturated carbocycles. The molecule has 1 saturated heterocycles. The molecule has 1 aromatic rings. The van der Waals surface area contributed by atoms with Crippen LogP contribution >= 0.6 is 15.9 Å². The first-order chi connectivity index (χ1) is 8.82. The molecule has 106 valence electrons. The Bertz CT molecular complexity index is 576. The Hall–Kier alpha value is -0.630. The number of hydrogen-bond acceptors (Lipinski definition) is 4. The van der Waals surface area contributed by atoms with Crippen molar-refractivity contribution in [3.8, 4) is 0 Å². The molecule has 2 N–H and O–H groups in total. The van der Waals surface area contributed by atoms with Crippen molar-refractivity contribution in [2.45, 2.75) is 30.9 Å². The third-order valence-electron chi connectivity index (χ3n) is 3.13. The van der Waals surface area contributed by atoms with Gasteiger partial charge in [-0.05, 0) is 48.0 Å². The van der Waals surface area contributed by atoms with Crippen LogP contribution in [0.5, 0.6) is 0 Å². The molecule has 0 radical (unpaired) electrons. The molecule has 1 aromatic carbocycles. The third kappa shape index (κ3) is 2.94. The molecule has 1 heterocycles. The van der Waals surface area contributed by atoms with Gasteiger partial charge >= 0.3 is 0 Å². The van der Waals surface area contributed by atoms with Crippen LogP contribution in [0, 0.1) is 0 Å². The van der Waals surface area contributed by atoms with Gasteiger partial charge in [0.25, 0.3) is 0 Å². The van der Waals surface area contributed by atoms with Gasteiger partial charge < -0.3 is 10.5 Å². The normalized spacial score (nSPS) is 25.4. The fourth-order valence-corrected chi connectivity index (χ4v) is 4.26. The molecule has 0 aromatic heterocycles. The highest BCUT2D eigenvalue weighted by molar-refractivity contribution is 9.10. The predicted molar refractivity (Wildman–Crippen MR) is 77.3 cm³/mol. The van der Waals surface area contributed by atoms with Crippen molar-refractivity contribution >= 4 is 31.6 Å². The van der Waals surface area contributed by atoms with Gasteiger partial charge in [0.05, 0.1) is 17.6 Å². The lowest BCUT2D eigenvalue weighted by Gasteiger charge is -2.35. The van der Waals surface area contributed by atoms with Gasteiger partial charge in [-0.25, -0.2) is 8.42 Å². The Morgan fingerprint density at radius 2 is 2.11 bits per heavy atom. The third-order valence-corrected chi connectivity index (χ3v) is 5.79. The van der Waals surface area contributed by atoms with Crippen LogP contribution in [0.2, 0.25) is 0 Å². The molecule has 0 bridgehead atoms. The first-order valence-corrected chi connectivity index (χ1v) is 8.24. The van der Waals surface area contributed by atoms with Gasteiger partial charge in [-0.2, -0.15) is 4.31 Å². The summed E-state index contributed by atoms with van der Waals surface area (Å²) in [7, 11) is -3.52. The molecular weight excluding hydrogens is 332 g/mol. The van der Waals surface area contributed by atoms with Gasteiger partial charge in [-0.1, -0.05) is 0 Å². The van der Waals surface area contributed by atoms with Gasteiger partial charge in [0.15, 0.2) is 0 Å². The fourth-order valence-electron chi connectivity index (χ4n) is 2.01. The van der Waals surface area contributed by atoms with E-state index in [9.17, 15) is 8.42 Å². The van der Waals surface area contributed by atoms with E-state index in [2.05, 4.69) is 15.9 Å². The zero-order valence-corrected chi connectivity index (χ0v) is 13.2. The molecule has 0 spiro atoms. The quantitative estimate of drug-likeness (QED) is 0.827. The van der Waals surface area contributed by atoms with Gasteiger partial charge in [0, 0.05) is 22.7 Å². The summed E-state index contributed by atoms with van der Waals surface area (Å²) in [4.78, 5) is 0.245. The van der Waals surface area contributed by atoms with Crippen LogP contribution in [0.3, 0.4) is 0 Å². The highest BCUT2D eigenvalue weighted by Crippen LogP contribution is 2.27. The molecule has 2 atom stereocenters. The number of benzene rings is 1. The maximum Gasteiger partial charge on any atom is 0.243 e. The summed E-state index contributed by atoms with van der Waals surface area (Å²) in [6.07, 6.45) is -0.0943. The summed E-state index contributed by atoms with van der Waals surface area (Å²) in [5, 5.41) is 0. The standard InChI is InChI=1S/C12H17BrN2O3S/c1-8-7-18-9(2)6-15(8)19(16,17)10-3-4-12(14)11(13)5-10/h3-5,8-9H,6-7,14H2,1-2H3. The van der Waals surface area contributed by atoms with E-state index in [1.807, 2.05) is 13.8 Å². The number of anilines is 1. The predicted octanol–water partition coefficient (Wildman–Crippen LogP) is 1.83. The molecule has 1 aliphatic heterocycles. The van der Waals surface area contributed by atoms with Crippen LogP contribution in [-0.4, -0.2) is 38.0 Å². The molecule has 19 heavy (non-hydrogen) atoms. The first-order valence-electron chi connectivity index (χ1n) is 6.01. The van der Waals surface area contributed by atoms with E-state index >= 15 is 0 Å². The zero-order chi connectivity index (χ0) is 14.2. The Labute approximate surface area is 121 Å². The average Bonchev–Trinajstić information content (AvgIpc) is 2.35. The molecule has 1 aliphatic rings. The van der Waals surface area contributed by atoms with Crippen molar-refractivity contribution in [2.24, 2.45) is 0 Å². The van der Waals surface area contributed by atoms with E-state index in [0.717, 1.165) is 0 Å². The van der Waals surface area contributed by atoms with Crippen molar-refractivity contribution in [1.82, 2.24) is 4.31 Å². The Morgan fingerprint density at radius 1 is 1.42 bits per heavy atom. The van der Waals surface area contributed by atoms with E-state index in [4.69, 9.17) is 10.5 Å². The molecule has 2 rings (SSSR count). The molecule has 0 aliphatic carbocycles.